The molecule has 0 aliphatic heterocycles. The van der Waals surface area contributed by atoms with Gasteiger partial charge in [-0.3, -0.25) is 9.78 Å². The van der Waals surface area contributed by atoms with E-state index in [1.54, 1.807) is 12.1 Å². The average molecular weight is 511 g/mol. The zero-order chi connectivity index (χ0) is 20.5. The van der Waals surface area contributed by atoms with E-state index in [0.717, 1.165) is 14.7 Å². The van der Waals surface area contributed by atoms with Crippen molar-refractivity contribution in [2.24, 2.45) is 5.41 Å². The van der Waals surface area contributed by atoms with E-state index < -0.39 is 5.41 Å². The van der Waals surface area contributed by atoms with Crippen LogP contribution in [0.3, 0.4) is 0 Å². The fraction of sp³-hybridized carbons (Fsp3) is 0.250. The van der Waals surface area contributed by atoms with Crippen LogP contribution in [0.15, 0.2) is 47.3 Å². The number of nitrogens with zero attached hydrogens (tertiary/aromatic N) is 2. The van der Waals surface area contributed by atoms with Gasteiger partial charge in [-0.25, -0.2) is 4.79 Å². The van der Waals surface area contributed by atoms with E-state index in [9.17, 15) is 9.59 Å². The molecule has 3 rings (SSSR count). The number of hydrogen-bond acceptors (Lipinski definition) is 3. The molecule has 0 saturated carbocycles. The summed E-state index contributed by atoms with van der Waals surface area (Å²) in [6, 6.07) is 12.9. The molecule has 3 aromatic rings. The summed E-state index contributed by atoms with van der Waals surface area (Å²) in [5, 5.41) is 7.68. The van der Waals surface area contributed by atoms with Gasteiger partial charge in [0.05, 0.1) is 10.7 Å². The van der Waals surface area contributed by atoms with Gasteiger partial charge in [0, 0.05) is 21.1 Å². The second kappa shape index (κ2) is 8.08. The molecule has 0 fully saturated rings. The van der Waals surface area contributed by atoms with Crippen LogP contribution in [0.2, 0.25) is 5.02 Å². The van der Waals surface area contributed by atoms with E-state index in [4.69, 9.17) is 11.6 Å². The van der Waals surface area contributed by atoms with Crippen molar-refractivity contribution < 1.29 is 4.79 Å². The van der Waals surface area contributed by atoms with E-state index >= 15 is 0 Å². The number of carbonyl (C=O) groups is 1. The van der Waals surface area contributed by atoms with Crippen LogP contribution in [-0.2, 0) is 11.3 Å². The number of aromatic amines is 1. The van der Waals surface area contributed by atoms with Gasteiger partial charge >= 0.3 is 5.69 Å². The highest BCUT2D eigenvalue weighted by Crippen LogP contribution is 2.22. The Labute approximate surface area is 181 Å². The van der Waals surface area contributed by atoms with Crippen molar-refractivity contribution in [1.29, 1.82) is 0 Å². The van der Waals surface area contributed by atoms with Crippen molar-refractivity contribution in [3.05, 3.63) is 67.1 Å². The van der Waals surface area contributed by atoms with Gasteiger partial charge in [-0.05, 0) is 52.4 Å². The molecule has 0 aliphatic carbocycles. The standard InChI is InChI=1S/C20H20ClIN4O2/c1-20(2,3)18(27)23-11-12-4-9-15(21)16(10-12)26-19(28)24-17(25-26)13-5-7-14(22)8-6-13/h4-10H,11H2,1-3H3,(H,23,27)(H,24,25,28). The minimum atomic E-state index is -0.475. The molecule has 0 atom stereocenters. The average Bonchev–Trinajstić information content (AvgIpc) is 3.02. The summed E-state index contributed by atoms with van der Waals surface area (Å²) >= 11 is 8.53. The lowest BCUT2D eigenvalue weighted by Crippen LogP contribution is -2.34. The molecule has 2 N–H and O–H groups in total. The molecule has 2 aromatic carbocycles. The van der Waals surface area contributed by atoms with E-state index in [2.05, 4.69) is 38.0 Å². The Hall–Kier alpha value is -2.13. The maximum absolute atomic E-state index is 12.5. The third kappa shape index (κ3) is 4.64. The highest BCUT2D eigenvalue weighted by molar-refractivity contribution is 14.1. The van der Waals surface area contributed by atoms with Crippen LogP contribution >= 0.6 is 34.2 Å². The maximum atomic E-state index is 12.5. The smallest absolute Gasteiger partial charge is 0.348 e. The third-order valence-electron chi connectivity index (χ3n) is 4.11. The van der Waals surface area contributed by atoms with Crippen molar-refractivity contribution in [2.75, 3.05) is 0 Å². The minimum Gasteiger partial charge on any atom is -0.352 e. The number of nitrogens with one attached hydrogen (secondary N) is 2. The fourth-order valence-electron chi connectivity index (χ4n) is 2.50. The van der Waals surface area contributed by atoms with Crippen LogP contribution in [0.5, 0.6) is 0 Å². The summed E-state index contributed by atoms with van der Waals surface area (Å²) in [6.45, 7) is 5.89. The Morgan fingerprint density at radius 2 is 1.89 bits per heavy atom. The van der Waals surface area contributed by atoms with Crippen molar-refractivity contribution in [2.45, 2.75) is 27.3 Å². The lowest BCUT2D eigenvalue weighted by atomic mass is 9.95. The molecule has 1 heterocycles. The van der Waals surface area contributed by atoms with Gasteiger partial charge < -0.3 is 5.32 Å². The summed E-state index contributed by atoms with van der Waals surface area (Å²) in [6.07, 6.45) is 0. The second-order valence-electron chi connectivity index (χ2n) is 7.42. The predicted octanol–water partition coefficient (Wildman–Crippen LogP) is 4.15. The summed E-state index contributed by atoms with van der Waals surface area (Å²) < 4.78 is 2.33. The molecule has 28 heavy (non-hydrogen) atoms. The van der Waals surface area contributed by atoms with Crippen LogP contribution in [0.1, 0.15) is 26.3 Å². The van der Waals surface area contributed by atoms with Crippen LogP contribution in [-0.4, -0.2) is 20.7 Å². The number of H-pyrrole nitrogens is 1. The number of amides is 1. The molecule has 1 amide bonds. The van der Waals surface area contributed by atoms with Gasteiger partial charge in [0.15, 0.2) is 5.82 Å². The molecule has 0 aliphatic rings. The normalized spacial score (nSPS) is 11.5. The summed E-state index contributed by atoms with van der Waals surface area (Å²) in [5.74, 6) is 0.408. The van der Waals surface area contributed by atoms with E-state index in [1.165, 1.54) is 4.68 Å². The lowest BCUT2D eigenvalue weighted by molar-refractivity contribution is -0.128. The SMILES string of the molecule is CC(C)(C)C(=O)NCc1ccc(Cl)c(-n2nc(-c3ccc(I)cc3)[nH]c2=O)c1. The first kappa shape index (κ1) is 20.6. The van der Waals surface area contributed by atoms with Crippen LogP contribution in [0.25, 0.3) is 17.1 Å². The Bertz CT molecular complexity index is 1070. The first-order valence-electron chi connectivity index (χ1n) is 8.67. The molecule has 0 radical (unpaired) electrons. The quantitative estimate of drug-likeness (QED) is 0.518. The molecule has 0 spiro atoms. The van der Waals surface area contributed by atoms with Crippen LogP contribution in [0.4, 0.5) is 0 Å². The largest absolute Gasteiger partial charge is 0.352 e. The molecule has 0 saturated heterocycles. The third-order valence-corrected chi connectivity index (χ3v) is 5.15. The molecule has 1 aromatic heterocycles. The van der Waals surface area contributed by atoms with Gasteiger partial charge in [0.25, 0.3) is 0 Å². The summed E-state index contributed by atoms with van der Waals surface area (Å²) in [7, 11) is 0. The van der Waals surface area contributed by atoms with Crippen molar-refractivity contribution in [3.63, 3.8) is 0 Å². The Morgan fingerprint density at radius 1 is 1.21 bits per heavy atom. The Balaban J connectivity index is 1.90. The zero-order valence-electron chi connectivity index (χ0n) is 15.7. The van der Waals surface area contributed by atoms with Crippen molar-refractivity contribution >= 4 is 40.1 Å². The van der Waals surface area contributed by atoms with Gasteiger partial charge in [-0.2, -0.15) is 4.68 Å². The molecule has 0 unspecified atom stereocenters. The second-order valence-corrected chi connectivity index (χ2v) is 9.07. The monoisotopic (exact) mass is 510 g/mol. The predicted molar refractivity (Wildman–Crippen MR) is 119 cm³/mol. The molecule has 6 nitrogen and oxygen atoms in total. The highest BCUT2D eigenvalue weighted by atomic mass is 127. The topological polar surface area (TPSA) is 79.8 Å². The van der Waals surface area contributed by atoms with Crippen LogP contribution < -0.4 is 11.0 Å². The molecule has 146 valence electrons. The Morgan fingerprint density at radius 3 is 2.54 bits per heavy atom. The first-order valence-corrected chi connectivity index (χ1v) is 10.1. The summed E-state index contributed by atoms with van der Waals surface area (Å²) in [4.78, 5) is 27.3. The number of aromatic nitrogens is 3. The highest BCUT2D eigenvalue weighted by Gasteiger charge is 2.20. The van der Waals surface area contributed by atoms with Gasteiger partial charge in [-0.1, -0.05) is 50.6 Å². The fourth-order valence-corrected chi connectivity index (χ4v) is 3.06. The van der Waals surface area contributed by atoms with Gasteiger partial charge in [0.2, 0.25) is 5.91 Å². The molecule has 0 bridgehead atoms. The number of benzene rings is 2. The number of rotatable bonds is 4. The lowest BCUT2D eigenvalue weighted by Gasteiger charge is -2.17. The van der Waals surface area contributed by atoms with Crippen LogP contribution in [0, 0.1) is 8.99 Å². The number of halogens is 2. The Kier molecular flexibility index (Phi) is 5.95. The van der Waals surface area contributed by atoms with E-state index in [-0.39, 0.29) is 11.6 Å². The number of carbonyl (C=O) groups excluding carboxylic acids is 1. The van der Waals surface area contributed by atoms with Crippen molar-refractivity contribution in [1.82, 2.24) is 20.1 Å². The number of hydrogen-bond donors (Lipinski definition) is 2. The van der Waals surface area contributed by atoms with Gasteiger partial charge in [0.1, 0.15) is 0 Å². The zero-order valence-corrected chi connectivity index (χ0v) is 18.6. The van der Waals surface area contributed by atoms with Crippen molar-refractivity contribution in [3.8, 4) is 17.1 Å². The van der Waals surface area contributed by atoms with E-state index in [0.29, 0.717) is 23.1 Å². The van der Waals surface area contributed by atoms with Gasteiger partial charge in [-0.15, -0.1) is 5.10 Å². The van der Waals surface area contributed by atoms with E-state index in [1.807, 2.05) is 51.1 Å². The minimum absolute atomic E-state index is 0.0538. The maximum Gasteiger partial charge on any atom is 0.348 e. The first-order chi connectivity index (χ1) is 13.1. The molecule has 8 heteroatoms. The molecular formula is C20H20ClIN4O2. The summed E-state index contributed by atoms with van der Waals surface area (Å²) in [5.41, 5.74) is 1.23. The molecular weight excluding hydrogens is 491 g/mol.